The molecule has 0 aliphatic carbocycles. The number of aromatic nitrogens is 1. The smallest absolute Gasteiger partial charge is 0.229 e. The second-order valence-corrected chi connectivity index (χ2v) is 7.62. The van der Waals surface area contributed by atoms with E-state index in [0.717, 1.165) is 5.39 Å². The molecule has 1 amide bonds. The number of hydrogen-bond acceptors (Lipinski definition) is 7. The van der Waals surface area contributed by atoms with Gasteiger partial charge in [0.25, 0.3) is 0 Å². The first-order valence-electron chi connectivity index (χ1n) is 8.61. The molecule has 3 rings (SSSR count). The van der Waals surface area contributed by atoms with Gasteiger partial charge in [-0.3, -0.25) is 9.78 Å². The molecule has 2 radical (unpaired) electrons. The summed E-state index contributed by atoms with van der Waals surface area (Å²) in [6, 6.07) is 6.87. The Morgan fingerprint density at radius 1 is 1.32 bits per heavy atom. The van der Waals surface area contributed by atoms with Crippen LogP contribution in [-0.4, -0.2) is 66.2 Å². The average molecular weight is 404 g/mol. The lowest BCUT2D eigenvalue weighted by Gasteiger charge is -2.46. The van der Waals surface area contributed by atoms with Crippen molar-refractivity contribution in [2.75, 3.05) is 11.8 Å². The van der Waals surface area contributed by atoms with Crippen molar-refractivity contribution in [3.05, 3.63) is 30.5 Å². The van der Waals surface area contributed by atoms with Crippen molar-refractivity contribution in [1.29, 1.82) is 0 Å². The van der Waals surface area contributed by atoms with Crippen molar-refractivity contribution < 1.29 is 29.2 Å². The van der Waals surface area contributed by atoms with Crippen LogP contribution in [0.3, 0.4) is 0 Å². The summed E-state index contributed by atoms with van der Waals surface area (Å²) in [5.41, 5.74) is 0.281. The summed E-state index contributed by atoms with van der Waals surface area (Å²) in [5.74, 6) is -0.210. The maximum atomic E-state index is 11.3. The quantitative estimate of drug-likeness (QED) is 0.587. The molecule has 1 fully saturated rings. The number of aliphatic hydroxyl groups is 2. The van der Waals surface area contributed by atoms with Crippen LogP contribution in [0.2, 0.25) is 0 Å². The van der Waals surface area contributed by atoms with E-state index in [4.69, 9.17) is 22.1 Å². The topological polar surface area (TPSA) is 101 Å². The van der Waals surface area contributed by atoms with E-state index < -0.39 is 36.0 Å². The van der Waals surface area contributed by atoms with Gasteiger partial charge in [-0.25, -0.2) is 0 Å². The zero-order valence-corrected chi connectivity index (χ0v) is 16.9. The average Bonchev–Trinajstić information content (AvgIpc) is 2.64. The number of fused-ring (bicyclic) bond motifs is 1. The molecule has 0 spiro atoms. The number of anilines is 1. The number of rotatable bonds is 4. The SMILES string of the molecule is [B]C(=O)N(P)c1cnc2cc(O[C@@H]3OC(C)(C)[C@H](OC)[C@@H](O)[C@H]3O)ccc2c1. The maximum Gasteiger partial charge on any atom is 0.229 e. The number of aliphatic hydroxyl groups excluding tert-OH is 2. The van der Waals surface area contributed by atoms with Gasteiger partial charge in [-0.1, -0.05) is 0 Å². The van der Waals surface area contributed by atoms with Crippen LogP contribution in [0.25, 0.3) is 10.9 Å². The van der Waals surface area contributed by atoms with Crippen molar-refractivity contribution >= 4 is 39.6 Å². The van der Waals surface area contributed by atoms with E-state index in [1.165, 1.54) is 18.0 Å². The predicted molar refractivity (Wildman–Crippen MR) is 107 cm³/mol. The van der Waals surface area contributed by atoms with Gasteiger partial charge in [-0.05, 0) is 41.4 Å². The van der Waals surface area contributed by atoms with E-state index in [1.54, 1.807) is 38.1 Å². The molecule has 0 bridgehead atoms. The van der Waals surface area contributed by atoms with Crippen molar-refractivity contribution in [3.8, 4) is 5.75 Å². The van der Waals surface area contributed by atoms with Crippen LogP contribution >= 0.6 is 9.39 Å². The molecule has 2 heterocycles. The van der Waals surface area contributed by atoms with Crippen LogP contribution in [0.1, 0.15) is 13.8 Å². The standard InChI is InChI=1S/C18H22BN2O6P/c1-18(2)15(25-3)13(22)14(23)16(27-18)26-11-5-4-9-6-10(21(28)17(19)24)8-20-12(9)7-11/h4-8,13-16,22-23H,28H2,1-3H3/t13-,14+,15+,16+/m0/s1. The van der Waals surface area contributed by atoms with E-state index in [0.29, 0.717) is 17.0 Å². The number of carbonyl (C=O) groups is 1. The predicted octanol–water partition coefficient (Wildman–Crippen LogP) is 1.37. The van der Waals surface area contributed by atoms with E-state index >= 15 is 0 Å². The molecular weight excluding hydrogens is 382 g/mol. The molecule has 1 saturated heterocycles. The Morgan fingerprint density at radius 2 is 2.04 bits per heavy atom. The lowest BCUT2D eigenvalue weighted by molar-refractivity contribution is -0.305. The largest absolute Gasteiger partial charge is 0.462 e. The molecule has 2 aromatic rings. The third kappa shape index (κ3) is 3.99. The van der Waals surface area contributed by atoms with Crippen LogP contribution in [0.15, 0.2) is 30.5 Å². The molecule has 2 N–H and O–H groups in total. The van der Waals surface area contributed by atoms with Gasteiger partial charge in [-0.2, -0.15) is 0 Å². The van der Waals surface area contributed by atoms with Gasteiger partial charge in [-0.15, -0.1) is 0 Å². The normalized spacial score (nSPS) is 26.8. The van der Waals surface area contributed by atoms with Gasteiger partial charge in [0.15, 0.2) is 5.81 Å². The number of benzene rings is 1. The number of ether oxygens (including phenoxy) is 3. The minimum Gasteiger partial charge on any atom is -0.462 e. The minimum absolute atomic E-state index is 0.410. The summed E-state index contributed by atoms with van der Waals surface area (Å²) >= 11 is 0. The number of carbonyl (C=O) groups excluding carboxylic acids is 1. The third-order valence-corrected chi connectivity index (χ3v) is 5.26. The van der Waals surface area contributed by atoms with Gasteiger partial charge in [0, 0.05) is 18.6 Å². The van der Waals surface area contributed by atoms with Gasteiger partial charge in [0.1, 0.15) is 24.1 Å². The Bertz CT molecular complexity index is 882. The van der Waals surface area contributed by atoms with Crippen LogP contribution in [-0.2, 0) is 9.47 Å². The first kappa shape index (κ1) is 21.0. The first-order valence-corrected chi connectivity index (χ1v) is 9.13. The molecule has 1 unspecified atom stereocenters. The number of nitrogens with zero attached hydrogens (tertiary/aromatic N) is 2. The van der Waals surface area contributed by atoms with Crippen molar-refractivity contribution in [3.63, 3.8) is 0 Å². The highest BCUT2D eigenvalue weighted by Crippen LogP contribution is 2.33. The summed E-state index contributed by atoms with van der Waals surface area (Å²) in [6.45, 7) is 3.51. The maximum absolute atomic E-state index is 11.3. The monoisotopic (exact) mass is 404 g/mol. The van der Waals surface area contributed by atoms with Crippen molar-refractivity contribution in [1.82, 2.24) is 4.98 Å². The fourth-order valence-corrected chi connectivity index (χ4v) is 3.40. The number of methoxy groups -OCH3 is 1. The van der Waals surface area contributed by atoms with E-state index in [2.05, 4.69) is 14.4 Å². The van der Waals surface area contributed by atoms with Gasteiger partial charge in [0.05, 0.1) is 23.0 Å². The lowest BCUT2D eigenvalue weighted by Crippen LogP contribution is -2.63. The van der Waals surface area contributed by atoms with Gasteiger partial charge < -0.3 is 29.1 Å². The minimum atomic E-state index is -1.29. The Morgan fingerprint density at radius 3 is 2.68 bits per heavy atom. The second-order valence-electron chi connectivity index (χ2n) is 7.10. The Kier molecular flexibility index (Phi) is 5.93. The zero-order chi connectivity index (χ0) is 20.6. The number of pyridine rings is 1. The fourth-order valence-electron chi connectivity index (χ4n) is 3.26. The number of hydrogen-bond donors (Lipinski definition) is 2. The van der Waals surface area contributed by atoms with Gasteiger partial charge >= 0.3 is 0 Å². The fraction of sp³-hybridized carbons (Fsp3) is 0.444. The zero-order valence-electron chi connectivity index (χ0n) is 15.8. The van der Waals surface area contributed by atoms with E-state index in [1.807, 2.05) is 0 Å². The van der Waals surface area contributed by atoms with Crippen LogP contribution in [0, 0.1) is 0 Å². The summed E-state index contributed by atoms with van der Waals surface area (Å²) < 4.78 is 18.0. The van der Waals surface area contributed by atoms with Crippen LogP contribution < -0.4 is 9.41 Å². The van der Waals surface area contributed by atoms with E-state index in [9.17, 15) is 15.0 Å². The summed E-state index contributed by atoms with van der Waals surface area (Å²) in [7, 11) is 8.94. The summed E-state index contributed by atoms with van der Waals surface area (Å²) in [5, 5.41) is 21.4. The molecule has 1 aliphatic rings. The Hall–Kier alpha value is -1.77. The highest BCUT2D eigenvalue weighted by atomic mass is 31.0. The molecule has 1 aliphatic heterocycles. The van der Waals surface area contributed by atoms with Gasteiger partial charge in [0.2, 0.25) is 14.1 Å². The van der Waals surface area contributed by atoms with Crippen molar-refractivity contribution in [2.24, 2.45) is 0 Å². The second kappa shape index (κ2) is 7.93. The molecule has 8 nitrogen and oxygen atoms in total. The highest BCUT2D eigenvalue weighted by Gasteiger charge is 2.50. The van der Waals surface area contributed by atoms with E-state index in [-0.39, 0.29) is 0 Å². The summed E-state index contributed by atoms with van der Waals surface area (Å²) in [6.07, 6.45) is -2.72. The molecule has 1 aromatic heterocycles. The highest BCUT2D eigenvalue weighted by molar-refractivity contribution is 7.22. The molecule has 1 aromatic carbocycles. The lowest BCUT2D eigenvalue weighted by atomic mass is 9.89. The van der Waals surface area contributed by atoms with Crippen LogP contribution in [0.5, 0.6) is 5.75 Å². The summed E-state index contributed by atoms with van der Waals surface area (Å²) in [4.78, 5) is 15.6. The molecule has 10 heteroatoms. The molecule has 148 valence electrons. The Balaban J connectivity index is 1.82. The first-order chi connectivity index (χ1) is 13.1. The van der Waals surface area contributed by atoms with Crippen LogP contribution in [0.4, 0.5) is 10.5 Å². The number of amides is 1. The molecular formula is C18H22BN2O6P. The Labute approximate surface area is 166 Å². The van der Waals surface area contributed by atoms with Crippen molar-refractivity contribution in [2.45, 2.75) is 44.1 Å². The molecule has 28 heavy (non-hydrogen) atoms. The third-order valence-electron chi connectivity index (χ3n) is 4.71. The molecule has 5 atom stereocenters. The molecule has 0 saturated carbocycles.